The van der Waals surface area contributed by atoms with Crippen LogP contribution in [0, 0.1) is 0 Å². The molecule has 1 N–H and O–H groups in total. The van der Waals surface area contributed by atoms with E-state index in [1.54, 1.807) is 16.8 Å². The molecule has 0 bridgehead atoms. The number of rotatable bonds is 7. The van der Waals surface area contributed by atoms with Crippen LogP contribution in [0.2, 0.25) is 0 Å². The molecule has 1 amide bonds. The maximum Gasteiger partial charge on any atom is 0.236 e. The second kappa shape index (κ2) is 8.15. The summed E-state index contributed by atoms with van der Waals surface area (Å²) >= 11 is 4.37. The molecule has 138 valence electrons. The van der Waals surface area contributed by atoms with Crippen molar-refractivity contribution in [2.75, 3.05) is 11.1 Å². The monoisotopic (exact) mass is 416 g/mol. The summed E-state index contributed by atoms with van der Waals surface area (Å²) in [6, 6.07) is 8.29. The summed E-state index contributed by atoms with van der Waals surface area (Å²) in [7, 11) is 0. The molecule has 4 rings (SSSR count). The van der Waals surface area contributed by atoms with E-state index < -0.39 is 0 Å². The molecule has 3 heterocycles. The number of thiophene rings is 1. The fraction of sp³-hybridized carbons (Fsp3) is 0.235. The molecule has 0 aliphatic heterocycles. The van der Waals surface area contributed by atoms with Crippen molar-refractivity contribution in [3.05, 3.63) is 35.2 Å². The Labute approximate surface area is 167 Å². The largest absolute Gasteiger partial charge is 0.302 e. The van der Waals surface area contributed by atoms with Gasteiger partial charge in [0.2, 0.25) is 11.0 Å². The van der Waals surface area contributed by atoms with E-state index in [1.165, 1.54) is 33.2 Å². The molecule has 0 aliphatic rings. The lowest BCUT2D eigenvalue weighted by Crippen LogP contribution is -2.14. The van der Waals surface area contributed by atoms with Crippen molar-refractivity contribution in [1.29, 1.82) is 0 Å². The van der Waals surface area contributed by atoms with Crippen molar-refractivity contribution in [3.8, 4) is 11.4 Å². The Bertz CT molecular complexity index is 1060. The van der Waals surface area contributed by atoms with Crippen LogP contribution in [0.3, 0.4) is 0 Å². The Kier molecular flexibility index (Phi) is 5.46. The number of carbonyl (C=O) groups excluding carboxylic acids is 1. The maximum atomic E-state index is 12.1. The van der Waals surface area contributed by atoms with Gasteiger partial charge in [0.1, 0.15) is 5.51 Å². The molecule has 27 heavy (non-hydrogen) atoms. The highest BCUT2D eigenvalue weighted by Gasteiger charge is 2.18. The van der Waals surface area contributed by atoms with E-state index in [0.717, 1.165) is 29.5 Å². The van der Waals surface area contributed by atoms with Crippen LogP contribution in [0.4, 0.5) is 5.13 Å². The molecule has 10 heteroatoms. The van der Waals surface area contributed by atoms with Gasteiger partial charge in [-0.1, -0.05) is 48.2 Å². The number of aromatic nitrogens is 5. The summed E-state index contributed by atoms with van der Waals surface area (Å²) in [4.78, 5) is 12.1. The van der Waals surface area contributed by atoms with Gasteiger partial charge >= 0.3 is 0 Å². The smallest absolute Gasteiger partial charge is 0.236 e. The molecule has 7 nitrogen and oxygen atoms in total. The van der Waals surface area contributed by atoms with Crippen molar-refractivity contribution in [2.24, 2.45) is 0 Å². The van der Waals surface area contributed by atoms with E-state index in [4.69, 9.17) is 0 Å². The minimum Gasteiger partial charge on any atom is -0.302 e. The number of thioether (sulfide) groups is 1. The summed E-state index contributed by atoms with van der Waals surface area (Å²) in [5, 5.41) is 23.6. The van der Waals surface area contributed by atoms with Crippen molar-refractivity contribution >= 4 is 55.6 Å². The van der Waals surface area contributed by atoms with E-state index in [9.17, 15) is 4.79 Å². The summed E-state index contributed by atoms with van der Waals surface area (Å²) in [5.41, 5.74) is 2.67. The third-order valence-corrected chi connectivity index (χ3v) is 6.36. The second-order valence-corrected chi connectivity index (χ2v) is 8.37. The number of nitrogens with zero attached hydrogens (tertiary/aromatic N) is 5. The Hall–Kier alpha value is -2.30. The second-order valence-electron chi connectivity index (χ2n) is 5.68. The number of nitrogens with one attached hydrogen (secondary N) is 1. The van der Waals surface area contributed by atoms with E-state index in [1.807, 2.05) is 12.1 Å². The fourth-order valence-corrected chi connectivity index (χ4v) is 4.85. The van der Waals surface area contributed by atoms with Crippen molar-refractivity contribution in [2.45, 2.75) is 25.0 Å². The van der Waals surface area contributed by atoms with Crippen LogP contribution in [-0.2, 0) is 11.3 Å². The minimum atomic E-state index is -0.134. The van der Waals surface area contributed by atoms with Crippen LogP contribution in [-0.4, -0.2) is 36.6 Å². The molecule has 0 unspecified atom stereocenters. The lowest BCUT2D eigenvalue weighted by molar-refractivity contribution is -0.113. The van der Waals surface area contributed by atoms with E-state index >= 15 is 0 Å². The molecule has 0 radical (unpaired) electrons. The van der Waals surface area contributed by atoms with Crippen LogP contribution >= 0.6 is 34.4 Å². The number of hydrogen-bond donors (Lipinski definition) is 1. The fourth-order valence-electron chi connectivity index (χ4n) is 2.68. The Morgan fingerprint density at radius 3 is 2.93 bits per heavy atom. The molecule has 1 aromatic carbocycles. The summed E-state index contributed by atoms with van der Waals surface area (Å²) in [6.45, 7) is 2.92. The van der Waals surface area contributed by atoms with Crippen molar-refractivity contribution in [3.63, 3.8) is 0 Å². The highest BCUT2D eigenvalue weighted by molar-refractivity contribution is 7.99. The summed E-state index contributed by atoms with van der Waals surface area (Å²) in [5.74, 6) is 0.956. The zero-order valence-corrected chi connectivity index (χ0v) is 16.9. The first-order valence-electron chi connectivity index (χ1n) is 8.35. The van der Waals surface area contributed by atoms with Gasteiger partial charge in [0, 0.05) is 27.6 Å². The van der Waals surface area contributed by atoms with Crippen molar-refractivity contribution < 1.29 is 4.79 Å². The number of carbonyl (C=O) groups is 1. The third kappa shape index (κ3) is 3.87. The molecule has 3 aromatic heterocycles. The third-order valence-electron chi connectivity index (χ3n) is 3.82. The SMILES string of the molecule is CCCn1c(SCC(=O)Nc2nncs2)nnc1-c1csc2ccccc12. The van der Waals surface area contributed by atoms with E-state index in [0.29, 0.717) is 5.13 Å². The first-order chi connectivity index (χ1) is 13.3. The first-order valence-corrected chi connectivity index (χ1v) is 11.1. The molecular formula is C17H16N6OS3. The van der Waals surface area contributed by atoms with Crippen LogP contribution < -0.4 is 5.32 Å². The molecule has 0 spiro atoms. The molecule has 0 aliphatic carbocycles. The van der Waals surface area contributed by atoms with Gasteiger partial charge in [-0.25, -0.2) is 0 Å². The van der Waals surface area contributed by atoms with Gasteiger partial charge < -0.3 is 4.57 Å². The average molecular weight is 417 g/mol. The number of anilines is 1. The number of benzene rings is 1. The quantitative estimate of drug-likeness (QED) is 0.456. The Balaban J connectivity index is 1.56. The molecular weight excluding hydrogens is 400 g/mol. The van der Waals surface area contributed by atoms with Gasteiger partial charge in [-0.05, 0) is 12.5 Å². The maximum absolute atomic E-state index is 12.1. The van der Waals surface area contributed by atoms with Crippen molar-refractivity contribution in [1.82, 2.24) is 25.0 Å². The van der Waals surface area contributed by atoms with Gasteiger partial charge in [-0.3, -0.25) is 10.1 Å². The minimum absolute atomic E-state index is 0.134. The molecule has 0 fully saturated rings. The Morgan fingerprint density at radius 2 is 2.11 bits per heavy atom. The van der Waals surface area contributed by atoms with Gasteiger partial charge in [0.05, 0.1) is 5.75 Å². The summed E-state index contributed by atoms with van der Waals surface area (Å²) in [6.07, 6.45) is 0.956. The highest BCUT2D eigenvalue weighted by Crippen LogP contribution is 2.34. The van der Waals surface area contributed by atoms with Crippen LogP contribution in [0.15, 0.2) is 40.3 Å². The highest BCUT2D eigenvalue weighted by atomic mass is 32.2. The predicted molar refractivity (Wildman–Crippen MR) is 110 cm³/mol. The normalized spacial score (nSPS) is 11.1. The lowest BCUT2D eigenvalue weighted by Gasteiger charge is -2.08. The molecule has 4 aromatic rings. The zero-order chi connectivity index (χ0) is 18.6. The number of hydrogen-bond acceptors (Lipinski definition) is 8. The van der Waals surface area contributed by atoms with Crippen LogP contribution in [0.25, 0.3) is 21.5 Å². The standard InChI is InChI=1S/C17H16N6OS3/c1-2-7-23-15(12-8-25-13-6-4-3-5-11(12)13)20-22-17(23)26-9-14(24)19-16-21-18-10-27-16/h3-6,8,10H,2,7,9H2,1H3,(H,19,21,24). The predicted octanol–water partition coefficient (Wildman–Crippen LogP) is 4.15. The van der Waals surface area contributed by atoms with Gasteiger partial charge in [-0.15, -0.1) is 31.7 Å². The molecule has 0 atom stereocenters. The molecule has 0 saturated heterocycles. The van der Waals surface area contributed by atoms with E-state index in [-0.39, 0.29) is 11.7 Å². The van der Waals surface area contributed by atoms with Gasteiger partial charge in [-0.2, -0.15) is 0 Å². The number of fused-ring (bicyclic) bond motifs is 1. The van der Waals surface area contributed by atoms with Gasteiger partial charge in [0.15, 0.2) is 11.0 Å². The van der Waals surface area contributed by atoms with Gasteiger partial charge in [0.25, 0.3) is 0 Å². The topological polar surface area (TPSA) is 85.6 Å². The summed E-state index contributed by atoms with van der Waals surface area (Å²) < 4.78 is 3.32. The molecule has 0 saturated carbocycles. The van der Waals surface area contributed by atoms with Crippen LogP contribution in [0.5, 0.6) is 0 Å². The first kappa shape index (κ1) is 18.1. The zero-order valence-electron chi connectivity index (χ0n) is 14.5. The Morgan fingerprint density at radius 1 is 1.22 bits per heavy atom. The van der Waals surface area contributed by atoms with Crippen LogP contribution in [0.1, 0.15) is 13.3 Å². The number of amides is 1. The average Bonchev–Trinajstić information content (AvgIpc) is 3.40. The van der Waals surface area contributed by atoms with E-state index in [2.05, 4.69) is 54.7 Å². The lowest BCUT2D eigenvalue weighted by atomic mass is 10.1.